The first-order valence-electron chi connectivity index (χ1n) is 7.29. The molecule has 1 fully saturated rings. The molecule has 0 spiro atoms. The van der Waals surface area contributed by atoms with Crippen LogP contribution in [0.5, 0.6) is 0 Å². The summed E-state index contributed by atoms with van der Waals surface area (Å²) in [7, 11) is 6.23. The molecule has 1 aliphatic heterocycles. The molecule has 0 amide bonds. The topological polar surface area (TPSA) is 27.7 Å². The van der Waals surface area contributed by atoms with E-state index in [0.29, 0.717) is 0 Å². The number of nitrogens with one attached hydrogen (secondary N) is 1. The van der Waals surface area contributed by atoms with Crippen molar-refractivity contribution in [1.29, 1.82) is 0 Å². The lowest BCUT2D eigenvalue weighted by Gasteiger charge is -2.31. The minimum absolute atomic E-state index is 0.811. The number of nitrogens with zero attached hydrogens (tertiary/aromatic N) is 2. The molecule has 0 aliphatic carbocycles. The molecule has 0 aromatic heterocycles. The molecule has 0 bridgehead atoms. The molecule has 108 valence electrons. The maximum atomic E-state index is 5.00. The Bertz CT molecular complexity index is 193. The molecular formula is C14H31N3O. The van der Waals surface area contributed by atoms with Gasteiger partial charge >= 0.3 is 0 Å². The van der Waals surface area contributed by atoms with Gasteiger partial charge in [-0.3, -0.25) is 0 Å². The monoisotopic (exact) mass is 257 g/mol. The van der Waals surface area contributed by atoms with Crippen molar-refractivity contribution >= 4 is 0 Å². The average Bonchev–Trinajstić information content (AvgIpc) is 2.36. The molecule has 18 heavy (non-hydrogen) atoms. The van der Waals surface area contributed by atoms with Crippen molar-refractivity contribution in [3.05, 3.63) is 0 Å². The second-order valence-corrected chi connectivity index (χ2v) is 5.61. The lowest BCUT2D eigenvalue weighted by Crippen LogP contribution is -2.36. The van der Waals surface area contributed by atoms with E-state index in [-0.39, 0.29) is 0 Å². The van der Waals surface area contributed by atoms with Gasteiger partial charge in [0.15, 0.2) is 0 Å². The highest BCUT2D eigenvalue weighted by Crippen LogP contribution is 2.16. The Morgan fingerprint density at radius 2 is 2.00 bits per heavy atom. The highest BCUT2D eigenvalue weighted by atomic mass is 16.5. The number of likely N-dealkylation sites (tertiary alicyclic amines) is 1. The van der Waals surface area contributed by atoms with Crippen molar-refractivity contribution in [2.45, 2.75) is 19.3 Å². The average molecular weight is 257 g/mol. The van der Waals surface area contributed by atoms with Gasteiger partial charge in [-0.05, 0) is 65.5 Å². The minimum Gasteiger partial charge on any atom is -0.383 e. The summed E-state index contributed by atoms with van der Waals surface area (Å²) in [6, 6.07) is 0. The van der Waals surface area contributed by atoms with Crippen LogP contribution in [0.1, 0.15) is 19.3 Å². The van der Waals surface area contributed by atoms with E-state index in [9.17, 15) is 0 Å². The predicted octanol–water partition coefficient (Wildman–Crippen LogP) is 0.886. The van der Waals surface area contributed by atoms with Crippen molar-refractivity contribution in [3.8, 4) is 0 Å². The van der Waals surface area contributed by atoms with Gasteiger partial charge in [-0.15, -0.1) is 0 Å². The third kappa shape index (κ3) is 7.31. The second-order valence-electron chi connectivity index (χ2n) is 5.61. The molecule has 0 atom stereocenters. The van der Waals surface area contributed by atoms with Crippen molar-refractivity contribution in [1.82, 2.24) is 15.1 Å². The highest BCUT2D eigenvalue weighted by Gasteiger charge is 2.17. The summed E-state index contributed by atoms with van der Waals surface area (Å²) in [6.07, 6.45) is 3.96. The predicted molar refractivity (Wildman–Crippen MR) is 77.1 cm³/mol. The first kappa shape index (κ1) is 15.9. The van der Waals surface area contributed by atoms with Gasteiger partial charge in [0.2, 0.25) is 0 Å². The molecule has 1 heterocycles. The smallest absolute Gasteiger partial charge is 0.0587 e. The number of hydrogen-bond donors (Lipinski definition) is 1. The molecule has 0 aromatic carbocycles. The summed E-state index contributed by atoms with van der Waals surface area (Å²) in [6.45, 7) is 7.90. The van der Waals surface area contributed by atoms with Crippen LogP contribution in [0.15, 0.2) is 0 Å². The SMILES string of the molecule is COCCNCCCN(C)CC1CCN(C)CC1. The van der Waals surface area contributed by atoms with Crippen LogP contribution in [0.2, 0.25) is 0 Å². The number of piperidine rings is 1. The van der Waals surface area contributed by atoms with E-state index >= 15 is 0 Å². The van der Waals surface area contributed by atoms with Gasteiger partial charge in [-0.1, -0.05) is 0 Å². The maximum absolute atomic E-state index is 5.00. The number of hydrogen-bond acceptors (Lipinski definition) is 4. The molecule has 4 nitrogen and oxygen atoms in total. The fourth-order valence-corrected chi connectivity index (χ4v) is 2.55. The summed E-state index contributed by atoms with van der Waals surface area (Å²) in [4.78, 5) is 4.93. The van der Waals surface area contributed by atoms with Crippen LogP contribution in [0.4, 0.5) is 0 Å². The minimum atomic E-state index is 0.811. The molecule has 1 N–H and O–H groups in total. The fraction of sp³-hybridized carbons (Fsp3) is 1.00. The molecule has 0 unspecified atom stereocenters. The fourth-order valence-electron chi connectivity index (χ4n) is 2.55. The summed E-state index contributed by atoms with van der Waals surface area (Å²) in [5, 5.41) is 3.39. The van der Waals surface area contributed by atoms with Crippen molar-refractivity contribution in [2.24, 2.45) is 5.92 Å². The summed E-state index contributed by atoms with van der Waals surface area (Å²) >= 11 is 0. The van der Waals surface area contributed by atoms with Crippen LogP contribution in [-0.4, -0.2) is 76.9 Å². The first-order chi connectivity index (χ1) is 8.72. The van der Waals surface area contributed by atoms with Crippen LogP contribution < -0.4 is 5.32 Å². The van der Waals surface area contributed by atoms with Gasteiger partial charge < -0.3 is 19.9 Å². The largest absolute Gasteiger partial charge is 0.383 e. The lowest BCUT2D eigenvalue weighted by molar-refractivity contribution is 0.174. The number of rotatable bonds is 9. The summed E-state index contributed by atoms with van der Waals surface area (Å²) in [5.41, 5.74) is 0. The Morgan fingerprint density at radius 1 is 1.28 bits per heavy atom. The van der Waals surface area contributed by atoms with Crippen molar-refractivity contribution in [2.75, 3.05) is 67.1 Å². The molecule has 0 aromatic rings. The van der Waals surface area contributed by atoms with Crippen LogP contribution in [-0.2, 0) is 4.74 Å². The molecule has 1 rings (SSSR count). The van der Waals surface area contributed by atoms with Crippen LogP contribution in [0.25, 0.3) is 0 Å². The Balaban J connectivity index is 1.95. The first-order valence-corrected chi connectivity index (χ1v) is 7.29. The van der Waals surface area contributed by atoms with Crippen LogP contribution in [0, 0.1) is 5.92 Å². The molecular weight excluding hydrogens is 226 g/mol. The van der Waals surface area contributed by atoms with Gasteiger partial charge in [0, 0.05) is 20.2 Å². The van der Waals surface area contributed by atoms with Crippen LogP contribution >= 0.6 is 0 Å². The molecule has 0 radical (unpaired) electrons. The third-order valence-corrected chi connectivity index (χ3v) is 3.78. The summed E-state index contributed by atoms with van der Waals surface area (Å²) in [5.74, 6) is 0.910. The Morgan fingerprint density at radius 3 is 2.67 bits per heavy atom. The lowest BCUT2D eigenvalue weighted by atomic mass is 9.97. The Hall–Kier alpha value is -0.160. The molecule has 4 heteroatoms. The third-order valence-electron chi connectivity index (χ3n) is 3.78. The van der Waals surface area contributed by atoms with E-state index in [2.05, 4.69) is 29.2 Å². The zero-order valence-electron chi connectivity index (χ0n) is 12.5. The zero-order chi connectivity index (χ0) is 13.2. The number of ether oxygens (including phenoxy) is 1. The normalized spacial score (nSPS) is 18.7. The van der Waals surface area contributed by atoms with E-state index in [0.717, 1.165) is 25.6 Å². The van der Waals surface area contributed by atoms with E-state index in [1.165, 1.54) is 45.4 Å². The van der Waals surface area contributed by atoms with E-state index < -0.39 is 0 Å². The van der Waals surface area contributed by atoms with Gasteiger partial charge in [0.1, 0.15) is 0 Å². The van der Waals surface area contributed by atoms with Gasteiger partial charge in [-0.25, -0.2) is 0 Å². The van der Waals surface area contributed by atoms with E-state index in [1.807, 2.05) is 0 Å². The van der Waals surface area contributed by atoms with E-state index in [4.69, 9.17) is 4.74 Å². The quantitative estimate of drug-likeness (QED) is 0.621. The van der Waals surface area contributed by atoms with E-state index in [1.54, 1.807) is 7.11 Å². The molecule has 0 saturated carbocycles. The van der Waals surface area contributed by atoms with Crippen LogP contribution in [0.3, 0.4) is 0 Å². The second kappa shape index (κ2) is 9.73. The Labute approximate surface area is 113 Å². The highest BCUT2D eigenvalue weighted by molar-refractivity contribution is 4.72. The van der Waals surface area contributed by atoms with Crippen molar-refractivity contribution < 1.29 is 4.74 Å². The molecule has 1 aliphatic rings. The summed E-state index contributed by atoms with van der Waals surface area (Å²) < 4.78 is 5.00. The van der Waals surface area contributed by atoms with Gasteiger partial charge in [-0.2, -0.15) is 0 Å². The van der Waals surface area contributed by atoms with Gasteiger partial charge in [0.05, 0.1) is 6.61 Å². The number of methoxy groups -OCH3 is 1. The maximum Gasteiger partial charge on any atom is 0.0587 e. The zero-order valence-corrected chi connectivity index (χ0v) is 12.5. The molecule has 1 saturated heterocycles. The Kier molecular flexibility index (Phi) is 8.59. The standard InChI is InChI=1S/C14H31N3O/c1-16-10-5-14(6-11-16)13-17(2)9-4-7-15-8-12-18-3/h14-15H,4-13H2,1-3H3. The van der Waals surface area contributed by atoms with Gasteiger partial charge in [0.25, 0.3) is 0 Å². The van der Waals surface area contributed by atoms with Crippen molar-refractivity contribution in [3.63, 3.8) is 0 Å².